The molecule has 0 aliphatic carbocycles. The van der Waals surface area contributed by atoms with Gasteiger partial charge < -0.3 is 4.84 Å². The van der Waals surface area contributed by atoms with Gasteiger partial charge >= 0.3 is 0 Å². The molecule has 0 saturated carbocycles. The van der Waals surface area contributed by atoms with Crippen molar-refractivity contribution in [2.45, 2.75) is 6.42 Å². The zero-order valence-corrected chi connectivity index (χ0v) is 8.64. The third kappa shape index (κ3) is 3.25. The first-order chi connectivity index (χ1) is 6.24. The maximum Gasteiger partial charge on any atom is 0.106 e. The normalized spacial score (nSPS) is 10.7. The predicted octanol–water partition coefficient (Wildman–Crippen LogP) is 3.17. The van der Waals surface area contributed by atoms with E-state index >= 15 is 0 Å². The van der Waals surface area contributed by atoms with Crippen LogP contribution in [0.15, 0.2) is 23.4 Å². The highest BCUT2D eigenvalue weighted by Gasteiger charge is 1.97. The third-order valence-corrected chi connectivity index (χ3v) is 2.23. The Bertz CT molecular complexity index is 312. The van der Waals surface area contributed by atoms with Crippen molar-refractivity contribution in [2.24, 2.45) is 5.16 Å². The summed E-state index contributed by atoms with van der Waals surface area (Å²) >= 11 is 11.6. The summed E-state index contributed by atoms with van der Waals surface area (Å²) in [6.07, 6.45) is 2.35. The molecule has 0 unspecified atom stereocenters. The Hall–Kier alpha value is -0.730. The molecule has 0 spiro atoms. The number of benzene rings is 1. The molecule has 1 rings (SSSR count). The van der Waals surface area contributed by atoms with E-state index in [1.54, 1.807) is 12.3 Å². The molecule has 0 bridgehead atoms. The summed E-state index contributed by atoms with van der Waals surface area (Å²) in [6.45, 7) is 0. The predicted molar refractivity (Wildman–Crippen MR) is 55.7 cm³/mol. The van der Waals surface area contributed by atoms with Crippen molar-refractivity contribution in [3.63, 3.8) is 0 Å². The maximum atomic E-state index is 5.82. The lowest BCUT2D eigenvalue weighted by Crippen LogP contribution is -1.86. The summed E-state index contributed by atoms with van der Waals surface area (Å²) in [6, 6.07) is 5.47. The second kappa shape index (κ2) is 5.10. The molecule has 0 amide bonds. The Morgan fingerprint density at radius 2 is 2.15 bits per heavy atom. The quantitative estimate of drug-likeness (QED) is 0.564. The van der Waals surface area contributed by atoms with Gasteiger partial charge in [-0.25, -0.2) is 0 Å². The van der Waals surface area contributed by atoms with Gasteiger partial charge in [-0.05, 0) is 17.7 Å². The fourth-order valence-corrected chi connectivity index (χ4v) is 1.20. The average molecular weight is 218 g/mol. The Balaban J connectivity index is 2.68. The molecule has 0 N–H and O–H groups in total. The van der Waals surface area contributed by atoms with Crippen molar-refractivity contribution in [3.05, 3.63) is 33.8 Å². The van der Waals surface area contributed by atoms with E-state index in [-0.39, 0.29) is 0 Å². The van der Waals surface area contributed by atoms with Gasteiger partial charge in [-0.2, -0.15) is 0 Å². The number of hydrogen-bond donors (Lipinski definition) is 0. The minimum atomic E-state index is 0.560. The molecule has 70 valence electrons. The Kier molecular flexibility index (Phi) is 4.06. The molecule has 1 aromatic rings. The molecule has 0 aliphatic rings. The number of nitrogens with zero attached hydrogens (tertiary/aromatic N) is 1. The highest BCUT2D eigenvalue weighted by molar-refractivity contribution is 6.42. The molecule has 13 heavy (non-hydrogen) atoms. The lowest BCUT2D eigenvalue weighted by Gasteiger charge is -1.98. The molecule has 1 aromatic carbocycles. The van der Waals surface area contributed by atoms with Gasteiger partial charge in [-0.3, -0.25) is 0 Å². The molecule has 0 aliphatic heterocycles. The Morgan fingerprint density at radius 1 is 1.38 bits per heavy atom. The summed E-state index contributed by atoms with van der Waals surface area (Å²) in [7, 11) is 1.51. The van der Waals surface area contributed by atoms with E-state index in [9.17, 15) is 0 Å². The lowest BCUT2D eigenvalue weighted by molar-refractivity contribution is 0.215. The third-order valence-electron chi connectivity index (χ3n) is 1.49. The van der Waals surface area contributed by atoms with Gasteiger partial charge in [0.25, 0.3) is 0 Å². The maximum absolute atomic E-state index is 5.82. The van der Waals surface area contributed by atoms with E-state index in [2.05, 4.69) is 9.99 Å². The van der Waals surface area contributed by atoms with Crippen molar-refractivity contribution in [3.8, 4) is 0 Å². The van der Waals surface area contributed by atoms with Gasteiger partial charge in [-0.1, -0.05) is 34.4 Å². The second-order valence-electron chi connectivity index (χ2n) is 2.42. The fourth-order valence-electron chi connectivity index (χ4n) is 0.884. The van der Waals surface area contributed by atoms with E-state index in [4.69, 9.17) is 23.2 Å². The minimum absolute atomic E-state index is 0.560. The van der Waals surface area contributed by atoms with Crippen molar-refractivity contribution < 1.29 is 4.84 Å². The monoisotopic (exact) mass is 217 g/mol. The van der Waals surface area contributed by atoms with Gasteiger partial charge in [0.1, 0.15) is 7.11 Å². The molecule has 0 fully saturated rings. The van der Waals surface area contributed by atoms with Crippen LogP contribution in [0.25, 0.3) is 0 Å². The van der Waals surface area contributed by atoms with Crippen molar-refractivity contribution in [2.75, 3.05) is 7.11 Å². The topological polar surface area (TPSA) is 21.6 Å². The number of oxime groups is 1. The van der Waals surface area contributed by atoms with Gasteiger partial charge in [0.15, 0.2) is 0 Å². The van der Waals surface area contributed by atoms with Crippen LogP contribution in [0, 0.1) is 0 Å². The van der Waals surface area contributed by atoms with Crippen LogP contribution in [0.5, 0.6) is 0 Å². The molecular weight excluding hydrogens is 209 g/mol. The summed E-state index contributed by atoms with van der Waals surface area (Å²) in [5, 5.41) is 4.74. The van der Waals surface area contributed by atoms with Crippen molar-refractivity contribution in [1.29, 1.82) is 0 Å². The zero-order valence-electron chi connectivity index (χ0n) is 7.13. The van der Waals surface area contributed by atoms with Crippen LogP contribution in [0.4, 0.5) is 0 Å². The van der Waals surface area contributed by atoms with Crippen LogP contribution in [0.2, 0.25) is 10.0 Å². The first-order valence-corrected chi connectivity index (χ1v) is 4.48. The summed E-state index contributed by atoms with van der Waals surface area (Å²) in [4.78, 5) is 4.53. The van der Waals surface area contributed by atoms with E-state index in [0.29, 0.717) is 16.5 Å². The van der Waals surface area contributed by atoms with Gasteiger partial charge in [-0.15, -0.1) is 0 Å². The van der Waals surface area contributed by atoms with Gasteiger partial charge in [0.05, 0.1) is 10.0 Å². The molecule has 0 heterocycles. The number of hydrogen-bond acceptors (Lipinski definition) is 2. The summed E-state index contributed by atoms with van der Waals surface area (Å²) in [5.74, 6) is 0. The van der Waals surface area contributed by atoms with E-state index in [0.717, 1.165) is 5.56 Å². The average Bonchev–Trinajstić information content (AvgIpc) is 2.12. The lowest BCUT2D eigenvalue weighted by atomic mass is 10.2. The minimum Gasteiger partial charge on any atom is -0.399 e. The number of rotatable bonds is 3. The van der Waals surface area contributed by atoms with Crippen molar-refractivity contribution >= 4 is 29.4 Å². The summed E-state index contributed by atoms with van der Waals surface area (Å²) in [5.41, 5.74) is 1.05. The van der Waals surface area contributed by atoms with E-state index in [1.807, 2.05) is 12.1 Å². The van der Waals surface area contributed by atoms with Crippen molar-refractivity contribution in [1.82, 2.24) is 0 Å². The first-order valence-electron chi connectivity index (χ1n) is 3.73. The van der Waals surface area contributed by atoms with Gasteiger partial charge in [0, 0.05) is 12.6 Å². The largest absolute Gasteiger partial charge is 0.399 e. The molecule has 4 heteroatoms. The number of halogens is 2. The second-order valence-corrected chi connectivity index (χ2v) is 3.24. The van der Waals surface area contributed by atoms with Crippen LogP contribution in [-0.4, -0.2) is 13.3 Å². The molecular formula is C9H9Cl2NO. The molecule has 0 aromatic heterocycles. The fraction of sp³-hybridized carbons (Fsp3) is 0.222. The summed E-state index contributed by atoms with van der Waals surface area (Å²) < 4.78 is 0. The van der Waals surface area contributed by atoms with Crippen LogP contribution in [-0.2, 0) is 11.3 Å². The molecule has 0 saturated heterocycles. The zero-order chi connectivity index (χ0) is 9.68. The van der Waals surface area contributed by atoms with Crippen LogP contribution < -0.4 is 0 Å². The molecule has 2 nitrogen and oxygen atoms in total. The smallest absolute Gasteiger partial charge is 0.106 e. The van der Waals surface area contributed by atoms with Crippen LogP contribution in [0.3, 0.4) is 0 Å². The van der Waals surface area contributed by atoms with Gasteiger partial charge in [0.2, 0.25) is 0 Å². The Morgan fingerprint density at radius 3 is 2.77 bits per heavy atom. The Labute approximate surface area is 87.1 Å². The SMILES string of the molecule is CON=CCc1ccc(Cl)c(Cl)c1. The van der Waals surface area contributed by atoms with Crippen LogP contribution >= 0.6 is 23.2 Å². The molecule has 0 atom stereocenters. The highest BCUT2D eigenvalue weighted by Crippen LogP contribution is 2.22. The van der Waals surface area contributed by atoms with E-state index in [1.165, 1.54) is 7.11 Å². The highest BCUT2D eigenvalue weighted by atomic mass is 35.5. The van der Waals surface area contributed by atoms with E-state index < -0.39 is 0 Å². The molecule has 0 radical (unpaired) electrons. The first kappa shape index (κ1) is 10.4. The standard InChI is InChI=1S/C9H9Cl2NO/c1-13-12-5-4-7-2-3-8(10)9(11)6-7/h2-3,5-6H,4H2,1H3. The van der Waals surface area contributed by atoms with Crippen LogP contribution in [0.1, 0.15) is 5.56 Å².